The third-order valence-electron chi connectivity index (χ3n) is 1.85. The Morgan fingerprint density at radius 3 is 2.62 bits per heavy atom. The first kappa shape index (κ1) is 9.86. The Morgan fingerprint density at radius 1 is 1.54 bits per heavy atom. The Kier molecular flexibility index (Phi) is 3.58. The van der Waals surface area contributed by atoms with Gasteiger partial charge in [0.2, 0.25) is 0 Å². The zero-order valence-corrected chi connectivity index (χ0v) is 7.95. The molecule has 1 unspecified atom stereocenters. The lowest BCUT2D eigenvalue weighted by Gasteiger charge is -2.14. The molecule has 1 aromatic heterocycles. The molecule has 0 aliphatic heterocycles. The van der Waals surface area contributed by atoms with E-state index in [-0.39, 0.29) is 11.8 Å². The van der Waals surface area contributed by atoms with Crippen molar-refractivity contribution in [3.05, 3.63) is 30.1 Å². The van der Waals surface area contributed by atoms with Crippen molar-refractivity contribution in [3.63, 3.8) is 0 Å². The monoisotopic (exact) mass is 178 g/mol. The van der Waals surface area contributed by atoms with Gasteiger partial charge in [0.1, 0.15) is 0 Å². The summed E-state index contributed by atoms with van der Waals surface area (Å²) in [5.74, 6) is 0.132. The summed E-state index contributed by atoms with van der Waals surface area (Å²) in [6, 6.07) is 3.52. The normalized spacial score (nSPS) is 12.5. The second kappa shape index (κ2) is 4.72. The predicted molar refractivity (Wildman–Crippen MR) is 51.3 cm³/mol. The number of nitrogens with zero attached hydrogens (tertiary/aromatic N) is 1. The van der Waals surface area contributed by atoms with Crippen LogP contribution in [0.1, 0.15) is 25.5 Å². The minimum absolute atomic E-state index is 0.132. The highest BCUT2D eigenvalue weighted by atomic mass is 16.1. The van der Waals surface area contributed by atoms with Gasteiger partial charge in [-0.05, 0) is 31.2 Å². The summed E-state index contributed by atoms with van der Waals surface area (Å²) in [7, 11) is 0. The summed E-state index contributed by atoms with van der Waals surface area (Å²) >= 11 is 0. The molecule has 1 aromatic rings. The molecular formula is C10H14N2O. The van der Waals surface area contributed by atoms with Gasteiger partial charge in [0.05, 0.1) is 6.04 Å². The Morgan fingerprint density at radius 2 is 2.15 bits per heavy atom. The highest BCUT2D eigenvalue weighted by Crippen LogP contribution is 2.11. The van der Waals surface area contributed by atoms with Crippen LogP contribution in [0, 0.1) is 0 Å². The zero-order chi connectivity index (χ0) is 9.68. The molecule has 0 aliphatic carbocycles. The molecule has 0 spiro atoms. The maximum atomic E-state index is 11.3. The molecule has 0 aliphatic rings. The minimum Gasteiger partial charge on any atom is -0.304 e. The fourth-order valence-electron chi connectivity index (χ4n) is 1.26. The standard InChI is InChI=1S/C10H14N2O/c1-3-12-10(8(2)13)9-4-6-11-7-5-9/h4-7,10,12H,3H2,1-2H3. The highest BCUT2D eigenvalue weighted by molar-refractivity contribution is 5.82. The number of carbonyl (C=O) groups is 1. The van der Waals surface area contributed by atoms with Gasteiger partial charge in [0.15, 0.2) is 5.78 Å². The van der Waals surface area contributed by atoms with Crippen LogP contribution in [0.4, 0.5) is 0 Å². The number of pyridine rings is 1. The molecule has 0 aromatic carbocycles. The van der Waals surface area contributed by atoms with Crippen LogP contribution < -0.4 is 5.32 Å². The predicted octanol–water partition coefficient (Wildman–Crippen LogP) is 1.32. The molecule has 0 amide bonds. The van der Waals surface area contributed by atoms with Gasteiger partial charge in [0.25, 0.3) is 0 Å². The van der Waals surface area contributed by atoms with Crippen molar-refractivity contribution in [2.75, 3.05) is 6.54 Å². The molecule has 0 saturated heterocycles. The number of hydrogen-bond donors (Lipinski definition) is 1. The lowest BCUT2D eigenvalue weighted by atomic mass is 10.1. The van der Waals surface area contributed by atoms with E-state index >= 15 is 0 Å². The Hall–Kier alpha value is -1.22. The first-order valence-electron chi connectivity index (χ1n) is 4.39. The number of hydrogen-bond acceptors (Lipinski definition) is 3. The van der Waals surface area contributed by atoms with E-state index in [4.69, 9.17) is 0 Å². The van der Waals surface area contributed by atoms with Gasteiger partial charge in [-0.3, -0.25) is 9.78 Å². The Bertz CT molecular complexity index is 272. The number of nitrogens with one attached hydrogen (secondary N) is 1. The molecular weight excluding hydrogens is 164 g/mol. The molecule has 1 atom stereocenters. The van der Waals surface area contributed by atoms with Crippen LogP contribution in [-0.2, 0) is 4.79 Å². The van der Waals surface area contributed by atoms with Crippen LogP contribution in [-0.4, -0.2) is 17.3 Å². The maximum absolute atomic E-state index is 11.3. The summed E-state index contributed by atoms with van der Waals surface area (Å²) in [4.78, 5) is 15.2. The van der Waals surface area contributed by atoms with E-state index in [1.807, 2.05) is 19.1 Å². The summed E-state index contributed by atoms with van der Waals surface area (Å²) in [6.07, 6.45) is 3.39. The molecule has 0 bridgehead atoms. The van der Waals surface area contributed by atoms with Gasteiger partial charge in [-0.2, -0.15) is 0 Å². The fourth-order valence-corrected chi connectivity index (χ4v) is 1.26. The van der Waals surface area contributed by atoms with Gasteiger partial charge in [-0.1, -0.05) is 6.92 Å². The fraction of sp³-hybridized carbons (Fsp3) is 0.400. The molecule has 0 radical (unpaired) electrons. The van der Waals surface area contributed by atoms with Crippen LogP contribution in [0.5, 0.6) is 0 Å². The van der Waals surface area contributed by atoms with Crippen molar-refractivity contribution in [1.29, 1.82) is 0 Å². The van der Waals surface area contributed by atoms with Crippen LogP contribution in [0.3, 0.4) is 0 Å². The lowest BCUT2D eigenvalue weighted by Crippen LogP contribution is -2.26. The van der Waals surface area contributed by atoms with Gasteiger partial charge >= 0.3 is 0 Å². The average molecular weight is 178 g/mol. The number of aromatic nitrogens is 1. The average Bonchev–Trinajstić information content (AvgIpc) is 2.15. The first-order valence-corrected chi connectivity index (χ1v) is 4.39. The highest BCUT2D eigenvalue weighted by Gasteiger charge is 2.13. The number of likely N-dealkylation sites (N-methyl/N-ethyl adjacent to an activating group) is 1. The van der Waals surface area contributed by atoms with Crippen molar-refractivity contribution in [2.24, 2.45) is 0 Å². The van der Waals surface area contributed by atoms with Crippen molar-refractivity contribution < 1.29 is 4.79 Å². The van der Waals surface area contributed by atoms with Crippen LogP contribution >= 0.6 is 0 Å². The Balaban J connectivity index is 2.82. The summed E-state index contributed by atoms with van der Waals surface area (Å²) < 4.78 is 0. The molecule has 13 heavy (non-hydrogen) atoms. The van der Waals surface area contributed by atoms with E-state index in [9.17, 15) is 4.79 Å². The largest absolute Gasteiger partial charge is 0.304 e. The second-order valence-electron chi connectivity index (χ2n) is 2.88. The van der Waals surface area contributed by atoms with E-state index in [0.717, 1.165) is 12.1 Å². The van der Waals surface area contributed by atoms with Crippen molar-refractivity contribution in [3.8, 4) is 0 Å². The van der Waals surface area contributed by atoms with E-state index in [0.29, 0.717) is 0 Å². The van der Waals surface area contributed by atoms with E-state index in [1.165, 1.54) is 0 Å². The van der Waals surface area contributed by atoms with Crippen LogP contribution in [0.15, 0.2) is 24.5 Å². The molecule has 70 valence electrons. The topological polar surface area (TPSA) is 42.0 Å². The minimum atomic E-state index is -0.187. The van der Waals surface area contributed by atoms with E-state index < -0.39 is 0 Å². The smallest absolute Gasteiger partial charge is 0.151 e. The molecule has 0 fully saturated rings. The van der Waals surface area contributed by atoms with Crippen molar-refractivity contribution in [1.82, 2.24) is 10.3 Å². The Labute approximate surface area is 78.2 Å². The maximum Gasteiger partial charge on any atom is 0.151 e. The molecule has 1 N–H and O–H groups in total. The molecule has 3 heteroatoms. The second-order valence-corrected chi connectivity index (χ2v) is 2.88. The zero-order valence-electron chi connectivity index (χ0n) is 7.95. The van der Waals surface area contributed by atoms with Crippen molar-refractivity contribution >= 4 is 5.78 Å². The molecule has 1 rings (SSSR count). The van der Waals surface area contributed by atoms with Gasteiger partial charge in [0, 0.05) is 12.4 Å². The van der Waals surface area contributed by atoms with Crippen LogP contribution in [0.25, 0.3) is 0 Å². The summed E-state index contributed by atoms with van der Waals surface area (Å²) in [6.45, 7) is 4.36. The van der Waals surface area contributed by atoms with Crippen molar-refractivity contribution in [2.45, 2.75) is 19.9 Å². The number of Topliss-reactive ketones (excluding diaryl/α,β-unsaturated/α-hetero) is 1. The molecule has 1 heterocycles. The van der Waals surface area contributed by atoms with Gasteiger partial charge < -0.3 is 5.32 Å². The van der Waals surface area contributed by atoms with Gasteiger partial charge in [-0.15, -0.1) is 0 Å². The number of carbonyl (C=O) groups excluding carboxylic acids is 1. The quantitative estimate of drug-likeness (QED) is 0.756. The molecule has 3 nitrogen and oxygen atoms in total. The van der Waals surface area contributed by atoms with Crippen LogP contribution in [0.2, 0.25) is 0 Å². The first-order chi connectivity index (χ1) is 6.25. The summed E-state index contributed by atoms with van der Waals surface area (Å²) in [5, 5.41) is 3.12. The van der Waals surface area contributed by atoms with E-state index in [1.54, 1.807) is 19.3 Å². The number of rotatable bonds is 4. The van der Waals surface area contributed by atoms with E-state index in [2.05, 4.69) is 10.3 Å². The third-order valence-corrected chi connectivity index (χ3v) is 1.85. The third kappa shape index (κ3) is 2.63. The number of ketones is 1. The summed E-state index contributed by atoms with van der Waals surface area (Å²) in [5.41, 5.74) is 0.976. The SMILES string of the molecule is CCNC(C(C)=O)c1ccncc1. The van der Waals surface area contributed by atoms with Gasteiger partial charge in [-0.25, -0.2) is 0 Å². The lowest BCUT2D eigenvalue weighted by molar-refractivity contribution is -0.119. The molecule has 0 saturated carbocycles.